The smallest absolute Gasteiger partial charge is 0.153 e. The van der Waals surface area contributed by atoms with Crippen LogP contribution in [0.4, 0.5) is 0 Å². The molecule has 0 N–H and O–H groups in total. The van der Waals surface area contributed by atoms with Gasteiger partial charge >= 0.3 is 0 Å². The van der Waals surface area contributed by atoms with Crippen LogP contribution in [0.1, 0.15) is 19.5 Å². The second kappa shape index (κ2) is 4.15. The number of fused-ring (bicyclic) bond motifs is 1. The van der Waals surface area contributed by atoms with Gasteiger partial charge in [-0.25, -0.2) is 0 Å². The Labute approximate surface area is 94.3 Å². The summed E-state index contributed by atoms with van der Waals surface area (Å²) in [6.45, 7) is 4.34. The molecule has 1 aromatic carbocycles. The van der Waals surface area contributed by atoms with Crippen molar-refractivity contribution in [2.24, 2.45) is 5.92 Å². The number of aromatic nitrogens is 2. The van der Waals surface area contributed by atoms with Crippen LogP contribution < -0.4 is 0 Å². The fourth-order valence-electron chi connectivity index (χ4n) is 1.66. The lowest BCUT2D eigenvalue weighted by molar-refractivity contribution is 0.632. The van der Waals surface area contributed by atoms with Crippen LogP contribution in [0.15, 0.2) is 24.3 Å². The van der Waals surface area contributed by atoms with E-state index in [0.29, 0.717) is 11.1 Å². The molecule has 0 bridgehead atoms. The number of hydrogen-bond donors (Lipinski definition) is 0. The van der Waals surface area contributed by atoms with Gasteiger partial charge < -0.3 is 0 Å². The van der Waals surface area contributed by atoms with Gasteiger partial charge in [-0.2, -0.15) is 5.10 Å². The molecule has 0 aliphatic heterocycles. The van der Waals surface area contributed by atoms with E-state index in [1.165, 1.54) is 0 Å². The highest BCUT2D eigenvalue weighted by molar-refractivity contribution is 6.34. The van der Waals surface area contributed by atoms with Crippen LogP contribution in [0.5, 0.6) is 0 Å². The lowest BCUT2D eigenvalue weighted by Gasteiger charge is -2.07. The number of nitrogens with zero attached hydrogens (tertiary/aromatic N) is 2. The molecular weight excluding hydrogens is 208 g/mol. The Hall–Kier alpha value is -1.15. The standard InChI is InChI=1S/C12H13ClN2/c1-8(2)7-11-9-5-3-4-6-10(9)12(13)15-14-11/h3-6,8H,7H2,1-2H3. The SMILES string of the molecule is CC(C)Cc1nnc(Cl)c2ccccc12. The first-order valence-corrected chi connectivity index (χ1v) is 5.46. The van der Waals surface area contributed by atoms with Gasteiger partial charge in [0.05, 0.1) is 5.69 Å². The zero-order valence-electron chi connectivity index (χ0n) is 8.87. The highest BCUT2D eigenvalue weighted by atomic mass is 35.5. The molecular formula is C12H13ClN2. The van der Waals surface area contributed by atoms with Crippen molar-refractivity contribution < 1.29 is 0 Å². The Morgan fingerprint density at radius 2 is 1.80 bits per heavy atom. The van der Waals surface area contributed by atoms with Crippen LogP contribution in [-0.2, 0) is 6.42 Å². The second-order valence-corrected chi connectivity index (χ2v) is 4.44. The number of rotatable bonds is 2. The van der Waals surface area contributed by atoms with E-state index in [1.54, 1.807) is 0 Å². The molecule has 3 heteroatoms. The van der Waals surface area contributed by atoms with Crippen molar-refractivity contribution in [2.75, 3.05) is 0 Å². The summed E-state index contributed by atoms with van der Waals surface area (Å²) in [5, 5.41) is 10.7. The Morgan fingerprint density at radius 1 is 1.13 bits per heavy atom. The van der Waals surface area contributed by atoms with Crippen molar-refractivity contribution in [1.29, 1.82) is 0 Å². The van der Waals surface area contributed by atoms with Gasteiger partial charge in [0, 0.05) is 10.8 Å². The third kappa shape index (κ3) is 2.10. The largest absolute Gasteiger partial charge is 0.159 e. The van der Waals surface area contributed by atoms with Crippen molar-refractivity contribution in [3.8, 4) is 0 Å². The minimum absolute atomic E-state index is 0.484. The zero-order valence-corrected chi connectivity index (χ0v) is 9.62. The molecule has 0 saturated carbocycles. The van der Waals surface area contributed by atoms with Gasteiger partial charge in [0.1, 0.15) is 0 Å². The molecule has 0 unspecified atom stereocenters. The van der Waals surface area contributed by atoms with Crippen LogP contribution in [0.25, 0.3) is 10.8 Å². The molecule has 78 valence electrons. The molecule has 0 fully saturated rings. The third-order valence-electron chi connectivity index (χ3n) is 2.32. The predicted molar refractivity (Wildman–Crippen MR) is 63.1 cm³/mol. The van der Waals surface area contributed by atoms with E-state index in [0.717, 1.165) is 22.9 Å². The molecule has 2 rings (SSSR count). The van der Waals surface area contributed by atoms with Crippen LogP contribution in [-0.4, -0.2) is 10.2 Å². The molecule has 15 heavy (non-hydrogen) atoms. The topological polar surface area (TPSA) is 25.8 Å². The van der Waals surface area contributed by atoms with Gasteiger partial charge in [-0.1, -0.05) is 49.7 Å². The van der Waals surface area contributed by atoms with Gasteiger partial charge in [-0.3, -0.25) is 0 Å². The summed E-state index contributed by atoms with van der Waals surface area (Å²) in [6, 6.07) is 8.00. The molecule has 0 atom stereocenters. The van der Waals surface area contributed by atoms with E-state index in [1.807, 2.05) is 24.3 Å². The van der Waals surface area contributed by atoms with Gasteiger partial charge in [-0.05, 0) is 12.3 Å². The zero-order chi connectivity index (χ0) is 10.8. The molecule has 0 amide bonds. The fourth-order valence-corrected chi connectivity index (χ4v) is 1.87. The highest BCUT2D eigenvalue weighted by Crippen LogP contribution is 2.23. The van der Waals surface area contributed by atoms with E-state index in [2.05, 4.69) is 24.0 Å². The molecule has 0 radical (unpaired) electrons. The third-order valence-corrected chi connectivity index (χ3v) is 2.60. The van der Waals surface area contributed by atoms with E-state index in [4.69, 9.17) is 11.6 Å². The van der Waals surface area contributed by atoms with Crippen LogP contribution in [0.3, 0.4) is 0 Å². The maximum atomic E-state index is 5.99. The van der Waals surface area contributed by atoms with Crippen molar-refractivity contribution in [3.05, 3.63) is 35.1 Å². The summed E-state index contributed by atoms with van der Waals surface area (Å²) in [4.78, 5) is 0. The molecule has 1 heterocycles. The lowest BCUT2D eigenvalue weighted by Crippen LogP contribution is -2.00. The first kappa shape index (κ1) is 10.4. The van der Waals surface area contributed by atoms with Gasteiger partial charge in [0.25, 0.3) is 0 Å². The molecule has 2 nitrogen and oxygen atoms in total. The number of benzene rings is 1. The first-order valence-electron chi connectivity index (χ1n) is 5.08. The summed E-state index contributed by atoms with van der Waals surface area (Å²) in [6.07, 6.45) is 0.935. The average Bonchev–Trinajstić information content (AvgIpc) is 2.22. The van der Waals surface area contributed by atoms with Crippen molar-refractivity contribution >= 4 is 22.4 Å². The second-order valence-electron chi connectivity index (χ2n) is 4.08. The van der Waals surface area contributed by atoms with Gasteiger partial charge in [0.15, 0.2) is 5.15 Å². The number of halogens is 1. The lowest BCUT2D eigenvalue weighted by atomic mass is 10.0. The molecule has 1 aromatic heterocycles. The summed E-state index contributed by atoms with van der Waals surface area (Å²) in [5.41, 5.74) is 1.03. The minimum Gasteiger partial charge on any atom is -0.153 e. The van der Waals surface area contributed by atoms with Crippen LogP contribution in [0, 0.1) is 5.92 Å². The van der Waals surface area contributed by atoms with Gasteiger partial charge in [0.2, 0.25) is 0 Å². The van der Waals surface area contributed by atoms with E-state index >= 15 is 0 Å². The van der Waals surface area contributed by atoms with Gasteiger partial charge in [-0.15, -0.1) is 5.10 Å². The number of hydrogen-bond acceptors (Lipinski definition) is 2. The molecule has 0 saturated heterocycles. The Kier molecular flexibility index (Phi) is 2.87. The van der Waals surface area contributed by atoms with E-state index in [-0.39, 0.29) is 0 Å². The quantitative estimate of drug-likeness (QED) is 0.775. The summed E-state index contributed by atoms with van der Waals surface area (Å²) in [7, 11) is 0. The highest BCUT2D eigenvalue weighted by Gasteiger charge is 2.08. The Balaban J connectivity index is 2.61. The van der Waals surface area contributed by atoms with Crippen molar-refractivity contribution in [2.45, 2.75) is 20.3 Å². The molecule has 0 aliphatic carbocycles. The summed E-state index contributed by atoms with van der Waals surface area (Å²) in [5.74, 6) is 0.573. The maximum Gasteiger partial charge on any atom is 0.159 e. The Bertz CT molecular complexity index is 480. The minimum atomic E-state index is 0.484. The normalized spacial score (nSPS) is 11.2. The Morgan fingerprint density at radius 3 is 2.47 bits per heavy atom. The van der Waals surface area contributed by atoms with Crippen molar-refractivity contribution in [3.63, 3.8) is 0 Å². The first-order chi connectivity index (χ1) is 7.18. The van der Waals surface area contributed by atoms with Crippen molar-refractivity contribution in [1.82, 2.24) is 10.2 Å². The molecule has 2 aromatic rings. The molecule has 0 aliphatic rings. The summed E-state index contributed by atoms with van der Waals surface area (Å²) < 4.78 is 0. The average molecular weight is 221 g/mol. The van der Waals surface area contributed by atoms with Crippen LogP contribution in [0.2, 0.25) is 5.15 Å². The predicted octanol–water partition coefficient (Wildman–Crippen LogP) is 3.48. The summed E-state index contributed by atoms with van der Waals surface area (Å²) >= 11 is 5.99. The molecule has 0 spiro atoms. The van der Waals surface area contributed by atoms with Crippen LogP contribution >= 0.6 is 11.6 Å². The van der Waals surface area contributed by atoms with E-state index < -0.39 is 0 Å². The maximum absolute atomic E-state index is 5.99. The monoisotopic (exact) mass is 220 g/mol. The fraction of sp³-hybridized carbons (Fsp3) is 0.333. The van der Waals surface area contributed by atoms with E-state index in [9.17, 15) is 0 Å².